The quantitative estimate of drug-likeness (QED) is 0.821. The standard InChI is InChI=1S/C18H21NO3/c1-19(14-8-5-4-6-9-14)18(20)13-12-15-16(21-2)10-7-11-17(15)22-3/h4-11H,12-13H2,1-3H3. The highest BCUT2D eigenvalue weighted by Crippen LogP contribution is 2.29. The Balaban J connectivity index is 2.08. The van der Waals surface area contributed by atoms with Crippen LogP contribution in [0.15, 0.2) is 48.5 Å². The first kappa shape index (κ1) is 15.9. The van der Waals surface area contributed by atoms with E-state index in [0.29, 0.717) is 12.8 Å². The second kappa shape index (κ2) is 7.50. The molecule has 0 aliphatic carbocycles. The van der Waals surface area contributed by atoms with Gasteiger partial charge in [0.25, 0.3) is 0 Å². The number of carbonyl (C=O) groups is 1. The van der Waals surface area contributed by atoms with E-state index in [1.54, 1.807) is 26.2 Å². The van der Waals surface area contributed by atoms with Crippen molar-refractivity contribution in [1.29, 1.82) is 0 Å². The Kier molecular flexibility index (Phi) is 5.42. The molecule has 0 bridgehead atoms. The van der Waals surface area contributed by atoms with Crippen LogP contribution in [0.1, 0.15) is 12.0 Å². The molecule has 1 amide bonds. The third kappa shape index (κ3) is 3.58. The van der Waals surface area contributed by atoms with Gasteiger partial charge in [0.15, 0.2) is 0 Å². The minimum Gasteiger partial charge on any atom is -0.496 e. The molecule has 0 atom stereocenters. The van der Waals surface area contributed by atoms with Gasteiger partial charge in [-0.25, -0.2) is 0 Å². The molecule has 0 aromatic heterocycles. The Morgan fingerprint density at radius 3 is 2.09 bits per heavy atom. The number of amides is 1. The molecular weight excluding hydrogens is 278 g/mol. The van der Waals surface area contributed by atoms with Gasteiger partial charge < -0.3 is 14.4 Å². The number of anilines is 1. The molecule has 0 radical (unpaired) electrons. The molecule has 4 heteroatoms. The molecule has 116 valence electrons. The van der Waals surface area contributed by atoms with Gasteiger partial charge in [-0.15, -0.1) is 0 Å². The highest BCUT2D eigenvalue weighted by molar-refractivity contribution is 5.92. The van der Waals surface area contributed by atoms with Crippen molar-refractivity contribution in [2.75, 3.05) is 26.2 Å². The Hall–Kier alpha value is -2.49. The summed E-state index contributed by atoms with van der Waals surface area (Å²) >= 11 is 0. The van der Waals surface area contributed by atoms with Gasteiger partial charge in [-0.2, -0.15) is 0 Å². The van der Waals surface area contributed by atoms with Crippen molar-refractivity contribution in [3.8, 4) is 11.5 Å². The van der Waals surface area contributed by atoms with Crippen molar-refractivity contribution in [2.24, 2.45) is 0 Å². The van der Waals surface area contributed by atoms with Crippen molar-refractivity contribution < 1.29 is 14.3 Å². The number of carbonyl (C=O) groups excluding carboxylic acids is 1. The second-order valence-electron chi connectivity index (χ2n) is 4.93. The second-order valence-corrected chi connectivity index (χ2v) is 4.93. The monoisotopic (exact) mass is 299 g/mol. The van der Waals surface area contributed by atoms with Crippen molar-refractivity contribution in [1.82, 2.24) is 0 Å². The predicted octanol–water partition coefficient (Wildman–Crippen LogP) is 3.30. The number of rotatable bonds is 6. The lowest BCUT2D eigenvalue weighted by Gasteiger charge is -2.18. The van der Waals surface area contributed by atoms with Gasteiger partial charge >= 0.3 is 0 Å². The fourth-order valence-electron chi connectivity index (χ4n) is 2.37. The third-order valence-electron chi connectivity index (χ3n) is 3.64. The molecule has 0 unspecified atom stereocenters. The van der Waals surface area contributed by atoms with E-state index in [4.69, 9.17) is 9.47 Å². The molecule has 0 aliphatic heterocycles. The van der Waals surface area contributed by atoms with Gasteiger partial charge in [0, 0.05) is 24.7 Å². The fraction of sp³-hybridized carbons (Fsp3) is 0.278. The van der Waals surface area contributed by atoms with Gasteiger partial charge in [-0.05, 0) is 30.7 Å². The van der Waals surface area contributed by atoms with Crippen LogP contribution in [0.25, 0.3) is 0 Å². The normalized spacial score (nSPS) is 10.1. The number of methoxy groups -OCH3 is 2. The molecule has 0 fully saturated rings. The van der Waals surface area contributed by atoms with Crippen LogP contribution in [0.4, 0.5) is 5.69 Å². The van der Waals surface area contributed by atoms with Crippen LogP contribution in [0.5, 0.6) is 11.5 Å². The summed E-state index contributed by atoms with van der Waals surface area (Å²) in [4.78, 5) is 14.0. The summed E-state index contributed by atoms with van der Waals surface area (Å²) in [6, 6.07) is 15.2. The van der Waals surface area contributed by atoms with Gasteiger partial charge in [0.05, 0.1) is 14.2 Å². The SMILES string of the molecule is COc1cccc(OC)c1CCC(=O)N(C)c1ccccc1. The van der Waals surface area contributed by atoms with Crippen LogP contribution in [0, 0.1) is 0 Å². The number of ether oxygens (including phenoxy) is 2. The van der Waals surface area contributed by atoms with Gasteiger partial charge in [0.2, 0.25) is 5.91 Å². The predicted molar refractivity (Wildman–Crippen MR) is 87.7 cm³/mol. The number of benzene rings is 2. The Morgan fingerprint density at radius 2 is 1.55 bits per heavy atom. The average Bonchev–Trinajstić information content (AvgIpc) is 2.59. The largest absolute Gasteiger partial charge is 0.496 e. The highest BCUT2D eigenvalue weighted by atomic mass is 16.5. The summed E-state index contributed by atoms with van der Waals surface area (Å²) in [5, 5.41) is 0. The lowest BCUT2D eigenvalue weighted by Crippen LogP contribution is -2.26. The Bertz CT molecular complexity index is 603. The number of nitrogens with zero attached hydrogens (tertiary/aromatic N) is 1. The van der Waals surface area contributed by atoms with E-state index in [2.05, 4.69) is 0 Å². The first-order valence-corrected chi connectivity index (χ1v) is 7.19. The summed E-state index contributed by atoms with van der Waals surface area (Å²) < 4.78 is 10.7. The average molecular weight is 299 g/mol. The maximum atomic E-state index is 12.4. The summed E-state index contributed by atoms with van der Waals surface area (Å²) in [5.74, 6) is 1.54. The van der Waals surface area contributed by atoms with Crippen LogP contribution in [0.2, 0.25) is 0 Å². The lowest BCUT2D eigenvalue weighted by atomic mass is 10.1. The van der Waals surface area contributed by atoms with Crippen molar-refractivity contribution >= 4 is 11.6 Å². The molecule has 0 saturated carbocycles. The van der Waals surface area contributed by atoms with Crippen LogP contribution in [0.3, 0.4) is 0 Å². The zero-order valence-electron chi connectivity index (χ0n) is 13.2. The van der Waals surface area contributed by atoms with E-state index in [9.17, 15) is 4.79 Å². The molecule has 2 aromatic carbocycles. The van der Waals surface area contributed by atoms with Gasteiger partial charge in [0.1, 0.15) is 11.5 Å². The first-order chi connectivity index (χ1) is 10.7. The molecule has 2 rings (SSSR count). The first-order valence-electron chi connectivity index (χ1n) is 7.19. The van der Waals surface area contributed by atoms with E-state index in [0.717, 1.165) is 22.7 Å². The Labute approximate surface area is 131 Å². The summed E-state index contributed by atoms with van der Waals surface area (Å²) in [6.07, 6.45) is 0.964. The van der Waals surface area contributed by atoms with E-state index in [1.165, 1.54) is 0 Å². The van der Waals surface area contributed by atoms with Crippen LogP contribution >= 0.6 is 0 Å². The van der Waals surface area contributed by atoms with E-state index < -0.39 is 0 Å². The molecule has 0 spiro atoms. The third-order valence-corrected chi connectivity index (χ3v) is 3.64. The number of hydrogen-bond acceptors (Lipinski definition) is 3. The zero-order chi connectivity index (χ0) is 15.9. The highest BCUT2D eigenvalue weighted by Gasteiger charge is 2.15. The van der Waals surface area contributed by atoms with Crippen molar-refractivity contribution in [3.05, 3.63) is 54.1 Å². The van der Waals surface area contributed by atoms with Crippen LogP contribution < -0.4 is 14.4 Å². The maximum Gasteiger partial charge on any atom is 0.227 e. The smallest absolute Gasteiger partial charge is 0.227 e. The van der Waals surface area contributed by atoms with Crippen LogP contribution in [-0.4, -0.2) is 27.2 Å². The molecule has 2 aromatic rings. The molecular formula is C18H21NO3. The van der Waals surface area contributed by atoms with E-state index >= 15 is 0 Å². The molecule has 0 saturated heterocycles. The van der Waals surface area contributed by atoms with E-state index in [-0.39, 0.29) is 5.91 Å². The topological polar surface area (TPSA) is 38.8 Å². The van der Waals surface area contributed by atoms with Crippen molar-refractivity contribution in [3.63, 3.8) is 0 Å². The summed E-state index contributed by atoms with van der Waals surface area (Å²) in [7, 11) is 5.03. The fourth-order valence-corrected chi connectivity index (χ4v) is 2.37. The number of para-hydroxylation sites is 1. The molecule has 0 heterocycles. The minimum absolute atomic E-state index is 0.0548. The molecule has 0 aliphatic rings. The van der Waals surface area contributed by atoms with Gasteiger partial charge in [-0.1, -0.05) is 24.3 Å². The molecule has 4 nitrogen and oxygen atoms in total. The molecule has 22 heavy (non-hydrogen) atoms. The van der Waals surface area contributed by atoms with Crippen LogP contribution in [-0.2, 0) is 11.2 Å². The van der Waals surface area contributed by atoms with Crippen molar-refractivity contribution in [2.45, 2.75) is 12.8 Å². The van der Waals surface area contributed by atoms with E-state index in [1.807, 2.05) is 48.5 Å². The zero-order valence-corrected chi connectivity index (χ0v) is 13.2. The summed E-state index contributed by atoms with van der Waals surface area (Å²) in [6.45, 7) is 0. The molecule has 0 N–H and O–H groups in total. The lowest BCUT2D eigenvalue weighted by molar-refractivity contribution is -0.118. The summed E-state index contributed by atoms with van der Waals surface area (Å²) in [5.41, 5.74) is 1.81. The Morgan fingerprint density at radius 1 is 0.955 bits per heavy atom. The maximum absolute atomic E-state index is 12.4. The minimum atomic E-state index is 0.0548. The van der Waals surface area contributed by atoms with Gasteiger partial charge in [-0.3, -0.25) is 4.79 Å². The number of hydrogen-bond donors (Lipinski definition) is 0.